The van der Waals surface area contributed by atoms with E-state index in [9.17, 15) is 4.79 Å². The monoisotopic (exact) mass is 317 g/mol. The summed E-state index contributed by atoms with van der Waals surface area (Å²) in [6.07, 6.45) is 1.95. The molecule has 0 aliphatic heterocycles. The Hall–Kier alpha value is -1.15. The van der Waals surface area contributed by atoms with Gasteiger partial charge in [0.05, 0.1) is 6.04 Å². The van der Waals surface area contributed by atoms with E-state index in [4.69, 9.17) is 0 Å². The van der Waals surface area contributed by atoms with Crippen molar-refractivity contribution in [2.75, 3.05) is 6.54 Å². The van der Waals surface area contributed by atoms with E-state index in [0.717, 1.165) is 19.4 Å². The Labute approximate surface area is 143 Å². The third kappa shape index (κ3) is 6.47. The van der Waals surface area contributed by atoms with Crippen LogP contribution in [0.5, 0.6) is 0 Å². The molecule has 0 amide bonds. The number of hydrogen-bond acceptors (Lipinski definition) is 2. The van der Waals surface area contributed by atoms with Gasteiger partial charge in [0.15, 0.2) is 5.78 Å². The second kappa shape index (κ2) is 9.22. The molecule has 0 unspecified atom stereocenters. The minimum absolute atomic E-state index is 0.0172. The van der Waals surface area contributed by atoms with Crippen LogP contribution in [0.1, 0.15) is 59.1 Å². The van der Waals surface area contributed by atoms with Gasteiger partial charge in [-0.3, -0.25) is 9.69 Å². The predicted octanol–water partition coefficient (Wildman–Crippen LogP) is 4.89. The molecule has 1 aromatic rings. The van der Waals surface area contributed by atoms with Gasteiger partial charge in [-0.1, -0.05) is 57.5 Å². The molecular formula is C21H35NO. The van der Waals surface area contributed by atoms with Crippen molar-refractivity contribution >= 4 is 5.78 Å². The fraction of sp³-hybridized carbons (Fsp3) is 0.667. The summed E-state index contributed by atoms with van der Waals surface area (Å²) in [7, 11) is 0. The molecule has 0 fully saturated rings. The zero-order valence-electron chi connectivity index (χ0n) is 16.1. The lowest BCUT2D eigenvalue weighted by Crippen LogP contribution is -2.48. The van der Waals surface area contributed by atoms with Crippen molar-refractivity contribution in [1.82, 2.24) is 4.90 Å². The lowest BCUT2D eigenvalue weighted by atomic mass is 9.92. The van der Waals surface area contributed by atoms with E-state index < -0.39 is 0 Å². The highest BCUT2D eigenvalue weighted by molar-refractivity contribution is 5.86. The van der Waals surface area contributed by atoms with Crippen molar-refractivity contribution in [2.24, 2.45) is 11.8 Å². The van der Waals surface area contributed by atoms with Gasteiger partial charge in [-0.25, -0.2) is 0 Å². The molecule has 0 aliphatic rings. The van der Waals surface area contributed by atoms with E-state index in [1.165, 1.54) is 11.1 Å². The van der Waals surface area contributed by atoms with E-state index in [1.807, 2.05) is 13.8 Å². The van der Waals surface area contributed by atoms with Crippen LogP contribution < -0.4 is 0 Å². The molecule has 130 valence electrons. The lowest BCUT2D eigenvalue weighted by Gasteiger charge is -2.35. The van der Waals surface area contributed by atoms with E-state index in [-0.39, 0.29) is 12.0 Å². The number of aryl methyl sites for hydroxylation is 1. The zero-order chi connectivity index (χ0) is 17.6. The number of rotatable bonds is 9. The van der Waals surface area contributed by atoms with Gasteiger partial charge in [0.2, 0.25) is 0 Å². The minimum Gasteiger partial charge on any atom is -0.298 e. The SMILES string of the molecule is Cc1ccc(C[C@@H](C(=O)C(C)C)N(CCC(C)C)C(C)C)cc1. The number of carbonyl (C=O) groups is 1. The van der Waals surface area contributed by atoms with E-state index >= 15 is 0 Å². The van der Waals surface area contributed by atoms with Crippen LogP contribution in [-0.2, 0) is 11.2 Å². The Balaban J connectivity index is 3.00. The summed E-state index contributed by atoms with van der Waals surface area (Å²) < 4.78 is 0. The van der Waals surface area contributed by atoms with Crippen LogP contribution in [0.4, 0.5) is 0 Å². The molecule has 2 heteroatoms. The van der Waals surface area contributed by atoms with Crippen molar-refractivity contribution in [3.05, 3.63) is 35.4 Å². The molecule has 0 radical (unpaired) electrons. The highest BCUT2D eigenvalue weighted by atomic mass is 16.1. The van der Waals surface area contributed by atoms with Gasteiger partial charge < -0.3 is 0 Å². The molecular weight excluding hydrogens is 282 g/mol. The zero-order valence-corrected chi connectivity index (χ0v) is 16.1. The van der Waals surface area contributed by atoms with Gasteiger partial charge in [0.1, 0.15) is 0 Å². The van der Waals surface area contributed by atoms with Crippen LogP contribution in [-0.4, -0.2) is 29.3 Å². The molecule has 1 aromatic carbocycles. The first-order chi connectivity index (χ1) is 10.7. The Morgan fingerprint density at radius 3 is 2.00 bits per heavy atom. The maximum atomic E-state index is 12.9. The second-order valence-electron chi connectivity index (χ2n) is 7.78. The summed E-state index contributed by atoms with van der Waals surface area (Å²) in [6, 6.07) is 8.97. The number of hydrogen-bond donors (Lipinski definition) is 0. The minimum atomic E-state index is -0.0172. The van der Waals surface area contributed by atoms with Crippen LogP contribution in [0.2, 0.25) is 0 Å². The molecule has 0 aromatic heterocycles. The van der Waals surface area contributed by atoms with Crippen molar-refractivity contribution in [2.45, 2.75) is 73.4 Å². The first-order valence-electron chi connectivity index (χ1n) is 9.07. The Bertz CT molecular complexity index is 473. The van der Waals surface area contributed by atoms with E-state index in [2.05, 4.69) is 63.8 Å². The third-order valence-electron chi connectivity index (χ3n) is 4.48. The van der Waals surface area contributed by atoms with Crippen LogP contribution in [0.25, 0.3) is 0 Å². The van der Waals surface area contributed by atoms with E-state index in [1.54, 1.807) is 0 Å². The van der Waals surface area contributed by atoms with Gasteiger partial charge in [-0.15, -0.1) is 0 Å². The van der Waals surface area contributed by atoms with Crippen LogP contribution in [0.15, 0.2) is 24.3 Å². The Kier molecular flexibility index (Phi) is 7.98. The summed E-state index contributed by atoms with van der Waals surface area (Å²) >= 11 is 0. The van der Waals surface area contributed by atoms with E-state index in [0.29, 0.717) is 17.7 Å². The van der Waals surface area contributed by atoms with Crippen LogP contribution in [0, 0.1) is 18.8 Å². The van der Waals surface area contributed by atoms with Crippen molar-refractivity contribution in [3.8, 4) is 0 Å². The number of ketones is 1. The molecule has 0 heterocycles. The van der Waals surface area contributed by atoms with Crippen molar-refractivity contribution < 1.29 is 4.79 Å². The Morgan fingerprint density at radius 1 is 1.00 bits per heavy atom. The lowest BCUT2D eigenvalue weighted by molar-refractivity contribution is -0.128. The quantitative estimate of drug-likeness (QED) is 0.646. The number of carbonyl (C=O) groups excluding carboxylic acids is 1. The molecule has 0 bridgehead atoms. The maximum Gasteiger partial charge on any atom is 0.152 e. The molecule has 2 nitrogen and oxygen atoms in total. The highest BCUT2D eigenvalue weighted by Crippen LogP contribution is 2.19. The van der Waals surface area contributed by atoms with Gasteiger partial charge in [-0.05, 0) is 51.6 Å². The second-order valence-corrected chi connectivity index (χ2v) is 7.78. The smallest absolute Gasteiger partial charge is 0.152 e. The summed E-state index contributed by atoms with van der Waals surface area (Å²) in [5.74, 6) is 1.10. The van der Waals surface area contributed by atoms with Crippen LogP contribution >= 0.6 is 0 Å². The summed E-state index contributed by atoms with van der Waals surface area (Å²) in [6.45, 7) is 16.0. The number of nitrogens with zero attached hydrogens (tertiary/aromatic N) is 1. The highest BCUT2D eigenvalue weighted by Gasteiger charge is 2.29. The fourth-order valence-corrected chi connectivity index (χ4v) is 2.89. The largest absolute Gasteiger partial charge is 0.298 e. The van der Waals surface area contributed by atoms with Gasteiger partial charge in [0, 0.05) is 12.0 Å². The molecule has 0 saturated heterocycles. The van der Waals surface area contributed by atoms with Gasteiger partial charge >= 0.3 is 0 Å². The predicted molar refractivity (Wildman–Crippen MR) is 99.8 cm³/mol. The summed E-state index contributed by atoms with van der Waals surface area (Å²) in [4.78, 5) is 15.3. The first-order valence-corrected chi connectivity index (χ1v) is 9.07. The van der Waals surface area contributed by atoms with Gasteiger partial charge in [0.25, 0.3) is 0 Å². The molecule has 0 saturated carbocycles. The molecule has 23 heavy (non-hydrogen) atoms. The topological polar surface area (TPSA) is 20.3 Å². The fourth-order valence-electron chi connectivity index (χ4n) is 2.89. The standard InChI is InChI=1S/C21H35NO/c1-15(2)12-13-22(17(5)6)20(21(23)16(3)4)14-19-10-8-18(7)9-11-19/h8-11,15-17,20H,12-14H2,1-7H3/t20-/m0/s1. The third-order valence-corrected chi connectivity index (χ3v) is 4.48. The number of benzene rings is 1. The molecule has 0 spiro atoms. The molecule has 1 rings (SSSR count). The normalized spacial score (nSPS) is 13.3. The molecule has 0 N–H and O–H groups in total. The Morgan fingerprint density at radius 2 is 1.57 bits per heavy atom. The summed E-state index contributed by atoms with van der Waals surface area (Å²) in [5, 5.41) is 0. The first kappa shape index (κ1) is 19.9. The average Bonchev–Trinajstić information content (AvgIpc) is 2.46. The van der Waals surface area contributed by atoms with Crippen molar-refractivity contribution in [1.29, 1.82) is 0 Å². The number of Topliss-reactive ketones (excluding diaryl/α,β-unsaturated/α-hetero) is 1. The van der Waals surface area contributed by atoms with Crippen LogP contribution in [0.3, 0.4) is 0 Å². The van der Waals surface area contributed by atoms with Crippen molar-refractivity contribution in [3.63, 3.8) is 0 Å². The van der Waals surface area contributed by atoms with Gasteiger partial charge in [-0.2, -0.15) is 0 Å². The molecule has 1 atom stereocenters. The summed E-state index contributed by atoms with van der Waals surface area (Å²) in [5.41, 5.74) is 2.52. The average molecular weight is 318 g/mol. The molecule has 0 aliphatic carbocycles. The maximum absolute atomic E-state index is 12.9.